The predicted molar refractivity (Wildman–Crippen MR) is 52.4 cm³/mol. The van der Waals surface area contributed by atoms with Gasteiger partial charge < -0.3 is 0 Å². The Balaban J connectivity index is 5.37. The normalized spacial score (nSPS) is 15.3. The molecular formula is C10H23O3Ti. The van der Waals surface area contributed by atoms with Gasteiger partial charge in [-0.1, -0.05) is 0 Å². The van der Waals surface area contributed by atoms with Gasteiger partial charge in [-0.15, -0.1) is 0 Å². The van der Waals surface area contributed by atoms with Gasteiger partial charge in [0.1, 0.15) is 0 Å². The molecule has 0 aliphatic heterocycles. The molecule has 3 nitrogen and oxygen atoms in total. The first-order chi connectivity index (χ1) is 5.89. The topological polar surface area (TPSA) is 43.4 Å². The van der Waals surface area contributed by atoms with E-state index in [1.807, 2.05) is 0 Å². The van der Waals surface area contributed by atoms with Crippen molar-refractivity contribution in [3.63, 3.8) is 0 Å². The van der Waals surface area contributed by atoms with Crippen LogP contribution >= 0.6 is 0 Å². The van der Waals surface area contributed by atoms with Gasteiger partial charge in [-0.25, -0.2) is 0 Å². The molecule has 0 saturated heterocycles. The zero-order valence-electron chi connectivity index (χ0n) is 10.4. The quantitative estimate of drug-likeness (QED) is 0.704. The van der Waals surface area contributed by atoms with E-state index in [0.29, 0.717) is 0 Å². The van der Waals surface area contributed by atoms with Gasteiger partial charge in [-0.2, -0.15) is 0 Å². The second-order valence-electron chi connectivity index (χ2n) is 5.65. The first-order valence-corrected chi connectivity index (χ1v) is 8.92. The fraction of sp³-hybridized carbons (Fsp3) is 1.00. The van der Waals surface area contributed by atoms with E-state index in [9.17, 15) is 6.65 Å². The fourth-order valence-electron chi connectivity index (χ4n) is 1.51. The molecule has 0 radical (unpaired) electrons. The Morgan fingerprint density at radius 2 is 1.21 bits per heavy atom. The van der Waals surface area contributed by atoms with Crippen molar-refractivity contribution in [2.45, 2.75) is 62.5 Å². The Bertz CT molecular complexity index is 298. The minimum absolute atomic E-state index is 0.425. The van der Waals surface area contributed by atoms with Crippen molar-refractivity contribution in [2.24, 2.45) is 0 Å². The minimum atomic E-state index is -5.25. The third-order valence-corrected chi connectivity index (χ3v) is 10.7. The first-order valence-electron chi connectivity index (χ1n) is 5.20. The molecule has 0 unspecified atom stereocenters. The van der Waals surface area contributed by atoms with E-state index >= 15 is 0 Å². The van der Waals surface area contributed by atoms with Crippen molar-refractivity contribution >= 4 is 0 Å². The Kier molecular flexibility index (Phi) is 3.76. The molecule has 0 heterocycles. The molecule has 0 spiro atoms. The number of hydrogen-bond donors (Lipinski definition) is 0. The molecular weight excluding hydrogens is 216 g/mol. The molecule has 0 amide bonds. The second kappa shape index (κ2) is 3.69. The van der Waals surface area contributed by atoms with Crippen molar-refractivity contribution in [1.29, 1.82) is 0 Å². The number of hydrogen-bond acceptors (Lipinski definition) is 3. The average molecular weight is 239 g/mol. The summed E-state index contributed by atoms with van der Waals surface area (Å²) in [5.41, 5.74) is -0.630. The van der Waals surface area contributed by atoms with Crippen molar-refractivity contribution in [2.75, 3.05) is 0 Å². The zero-order chi connectivity index (χ0) is 11.8. The van der Waals surface area contributed by atoms with Gasteiger partial charge in [0.05, 0.1) is 0 Å². The van der Waals surface area contributed by atoms with Crippen LogP contribution in [0.5, 0.6) is 0 Å². The standard InChI is InChI=1S/C4H9O.2C3H7.2O.Ti/c1-4(2,3)5;2*1-3-2;;;/h1-3H3;2*3H,1-2H3;;;/q-1;;;;;+1. The van der Waals surface area contributed by atoms with Crippen LogP contribution in [0.25, 0.3) is 0 Å². The van der Waals surface area contributed by atoms with E-state index < -0.39 is 29.7 Å². The third-order valence-electron chi connectivity index (χ3n) is 2.59. The molecule has 85 valence electrons. The summed E-state index contributed by atoms with van der Waals surface area (Å²) in [5, 5.41) is 0. The van der Waals surface area contributed by atoms with Crippen LogP contribution in [0, 0.1) is 0 Å². The van der Waals surface area contributed by atoms with Gasteiger partial charge in [0.25, 0.3) is 0 Å². The van der Waals surface area contributed by atoms with E-state index in [-0.39, 0.29) is 0 Å². The summed E-state index contributed by atoms with van der Waals surface area (Å²) in [7, 11) is 0. The molecule has 0 aliphatic carbocycles. The van der Waals surface area contributed by atoms with E-state index in [0.717, 1.165) is 0 Å². The Hall–Kier alpha value is 0.274. The van der Waals surface area contributed by atoms with Gasteiger partial charge in [-0.05, 0) is 0 Å². The summed E-state index contributed by atoms with van der Waals surface area (Å²) >= 11 is -5.25. The van der Waals surface area contributed by atoms with Crippen molar-refractivity contribution in [1.82, 2.24) is 0 Å². The first kappa shape index (κ1) is 14.3. The Morgan fingerprint density at radius 1 is 0.929 bits per heavy atom. The molecule has 14 heavy (non-hydrogen) atoms. The summed E-state index contributed by atoms with van der Waals surface area (Å²) in [6, 6.07) is 0. The molecule has 0 bridgehead atoms. The molecule has 0 aromatic rings. The molecule has 0 N–H and O–H groups in total. The van der Waals surface area contributed by atoms with Gasteiger partial charge in [0.2, 0.25) is 0 Å². The summed E-state index contributed by atoms with van der Waals surface area (Å²) in [4.78, 5) is 0. The second-order valence-corrected chi connectivity index (χ2v) is 13.1. The van der Waals surface area contributed by atoms with Gasteiger partial charge in [-0.3, -0.25) is 0 Å². The van der Waals surface area contributed by atoms with Crippen LogP contribution in [-0.2, 0) is 25.6 Å². The van der Waals surface area contributed by atoms with Crippen LogP contribution in [0.15, 0.2) is 0 Å². The molecule has 0 aromatic carbocycles. The Labute approximate surface area is 88.2 Å². The van der Waals surface area contributed by atoms with Crippen LogP contribution in [0.2, 0.25) is 8.45 Å². The van der Waals surface area contributed by atoms with Gasteiger partial charge >= 0.3 is 88.1 Å². The third kappa shape index (κ3) is 2.88. The van der Waals surface area contributed by atoms with Gasteiger partial charge in [0, 0.05) is 0 Å². The van der Waals surface area contributed by atoms with Crippen LogP contribution < -0.4 is 0 Å². The summed E-state index contributed by atoms with van der Waals surface area (Å²) in [6.45, 7) is 12.1. The van der Waals surface area contributed by atoms with Gasteiger partial charge in [0.15, 0.2) is 0 Å². The maximum atomic E-state index is 12.5. The van der Waals surface area contributed by atoms with E-state index in [4.69, 9.17) is 3.32 Å². The molecule has 0 aromatic heterocycles. The fourth-order valence-corrected chi connectivity index (χ4v) is 6.21. The van der Waals surface area contributed by atoms with E-state index in [1.165, 1.54) is 0 Å². The summed E-state index contributed by atoms with van der Waals surface area (Å²) in [6.07, 6.45) is 0. The van der Waals surface area contributed by atoms with Crippen molar-refractivity contribution < 1.29 is 25.6 Å². The van der Waals surface area contributed by atoms with E-state index in [2.05, 4.69) is 0 Å². The molecule has 0 rings (SSSR count). The van der Waals surface area contributed by atoms with Crippen LogP contribution in [-0.4, -0.2) is 5.60 Å². The van der Waals surface area contributed by atoms with Crippen molar-refractivity contribution in [3.8, 4) is 0 Å². The maximum absolute atomic E-state index is 12.5. The summed E-state index contributed by atoms with van der Waals surface area (Å²) < 4.78 is 29.6. The molecule has 0 fully saturated rings. The SMILES string of the molecule is C[CH](C)[Ti](=[O])(=[O])([O]C(C)(C)C)[CH](C)C. The zero-order valence-corrected chi connectivity index (χ0v) is 11.9. The molecule has 4 heteroatoms. The van der Waals surface area contributed by atoms with Crippen LogP contribution in [0.1, 0.15) is 48.5 Å². The molecule has 0 aliphatic rings. The number of rotatable bonds is 3. The monoisotopic (exact) mass is 239 g/mol. The van der Waals surface area contributed by atoms with Crippen LogP contribution in [0.3, 0.4) is 0 Å². The van der Waals surface area contributed by atoms with Crippen molar-refractivity contribution in [3.05, 3.63) is 0 Å². The van der Waals surface area contributed by atoms with Crippen LogP contribution in [0.4, 0.5) is 0 Å². The predicted octanol–water partition coefficient (Wildman–Crippen LogP) is 3.75. The van der Waals surface area contributed by atoms with E-state index in [1.54, 1.807) is 48.5 Å². The Morgan fingerprint density at radius 3 is 1.29 bits per heavy atom. The average Bonchev–Trinajstić information content (AvgIpc) is 1.81. The molecule has 0 atom stereocenters. The summed E-state index contributed by atoms with van der Waals surface area (Å²) in [5.74, 6) is 0. The molecule has 0 saturated carbocycles.